The number of carboxylic acids is 2. The van der Waals surface area contributed by atoms with Gasteiger partial charge in [-0.15, -0.1) is 0 Å². The molecule has 0 heterocycles. The van der Waals surface area contributed by atoms with Crippen molar-refractivity contribution in [3.63, 3.8) is 0 Å². The number of ether oxygens (including phenoxy) is 4. The molecule has 2 unspecified atom stereocenters. The molecule has 0 aromatic heterocycles. The SMILES string of the molecule is C/C(=C\OCc1cc(I)cc(I)c1I)C(=O)OC(C)Cc1ccc(C(=O)O)c(C(=O)O)c1CC(C)OC(=O)/C(C)=C/OCc1cc(I)cc(I)c1I. The maximum atomic E-state index is 12.9. The summed E-state index contributed by atoms with van der Waals surface area (Å²) in [7, 11) is 0. The summed E-state index contributed by atoms with van der Waals surface area (Å²) in [4.78, 5) is 50.3. The molecule has 3 rings (SSSR count). The smallest absolute Gasteiger partial charge is 0.337 e. The van der Waals surface area contributed by atoms with Crippen molar-refractivity contribution in [1.29, 1.82) is 0 Å². The number of aromatic carboxylic acids is 2. The lowest BCUT2D eigenvalue weighted by atomic mass is 9.89. The van der Waals surface area contributed by atoms with E-state index < -0.39 is 47.2 Å². The van der Waals surface area contributed by atoms with Crippen LogP contribution in [0, 0.1) is 21.4 Å². The summed E-state index contributed by atoms with van der Waals surface area (Å²) in [6, 6.07) is 10.8. The zero-order valence-electron chi connectivity index (χ0n) is 28.0. The van der Waals surface area contributed by atoms with E-state index in [2.05, 4.69) is 148 Å². The Kier molecular flexibility index (Phi) is 18.6. The minimum atomic E-state index is -1.45. The fourth-order valence-corrected chi connectivity index (χ4v) is 9.67. The summed E-state index contributed by atoms with van der Waals surface area (Å²) in [5, 5.41) is 19.9. The molecule has 2 N–H and O–H groups in total. The highest BCUT2D eigenvalue weighted by atomic mass is 127. The first kappa shape index (κ1) is 45.4. The molecule has 0 fully saturated rings. The van der Waals surface area contributed by atoms with E-state index in [4.69, 9.17) is 18.9 Å². The van der Waals surface area contributed by atoms with E-state index in [-0.39, 0.29) is 42.8 Å². The van der Waals surface area contributed by atoms with Gasteiger partial charge in [0.2, 0.25) is 0 Å². The van der Waals surface area contributed by atoms with Crippen molar-refractivity contribution in [2.75, 3.05) is 0 Å². The van der Waals surface area contributed by atoms with Crippen LogP contribution in [0.2, 0.25) is 0 Å². The zero-order valence-corrected chi connectivity index (χ0v) is 41.0. The standard InChI is InChI=1S/C36H32I6O10/c1-17(13-49-15-22-9-24(37)11-28(39)31(22)41)35(47)51-19(3)7-21-5-6-26(33(43)44)30(34(45)46)27(21)8-20(4)52-36(48)18(2)14-50-16-23-10-25(38)12-29(40)32(23)42/h5-6,9-14,19-20H,7-8,15-16H2,1-4H3,(H,43,44)(H,45,46)/b17-13+,18-14+. The number of hydrogen-bond donors (Lipinski definition) is 2. The second kappa shape index (κ2) is 21.3. The molecular weight excluding hydrogens is 1350 g/mol. The predicted molar refractivity (Wildman–Crippen MR) is 245 cm³/mol. The van der Waals surface area contributed by atoms with Crippen LogP contribution in [0.3, 0.4) is 0 Å². The van der Waals surface area contributed by atoms with Gasteiger partial charge < -0.3 is 29.2 Å². The largest absolute Gasteiger partial charge is 0.496 e. The van der Waals surface area contributed by atoms with Crippen LogP contribution in [0.5, 0.6) is 0 Å². The van der Waals surface area contributed by atoms with Crippen LogP contribution < -0.4 is 0 Å². The Labute approximate surface area is 383 Å². The van der Waals surface area contributed by atoms with E-state index in [9.17, 15) is 29.4 Å². The molecule has 0 radical (unpaired) electrons. The van der Waals surface area contributed by atoms with E-state index in [0.717, 1.165) is 32.5 Å². The van der Waals surface area contributed by atoms with Crippen molar-refractivity contribution in [2.45, 2.75) is 66.0 Å². The molecule has 52 heavy (non-hydrogen) atoms. The van der Waals surface area contributed by atoms with Gasteiger partial charge >= 0.3 is 23.9 Å². The van der Waals surface area contributed by atoms with Gasteiger partial charge in [0.25, 0.3) is 0 Å². The normalized spacial score (nSPS) is 12.9. The van der Waals surface area contributed by atoms with Crippen LogP contribution in [0.25, 0.3) is 0 Å². The van der Waals surface area contributed by atoms with Crippen molar-refractivity contribution in [1.82, 2.24) is 0 Å². The predicted octanol–water partition coefficient (Wildman–Crippen LogP) is 9.90. The van der Waals surface area contributed by atoms with Gasteiger partial charge in [-0.05, 0) is 205 Å². The third-order valence-corrected chi connectivity index (χ3v) is 14.8. The van der Waals surface area contributed by atoms with Gasteiger partial charge in [0.05, 0.1) is 34.8 Å². The fraction of sp³-hybridized carbons (Fsp3) is 0.278. The van der Waals surface area contributed by atoms with Crippen LogP contribution in [0.1, 0.15) is 70.7 Å². The summed E-state index contributed by atoms with van der Waals surface area (Å²) in [5.74, 6) is -4.17. The quantitative estimate of drug-likeness (QED) is 0.0468. The summed E-state index contributed by atoms with van der Waals surface area (Å²) >= 11 is 13.5. The summed E-state index contributed by atoms with van der Waals surface area (Å²) in [6.45, 7) is 6.85. The lowest BCUT2D eigenvalue weighted by Gasteiger charge is -2.21. The lowest BCUT2D eigenvalue weighted by Crippen LogP contribution is -2.24. The number of rotatable bonds is 16. The molecule has 0 aliphatic rings. The Balaban J connectivity index is 1.73. The molecule has 3 aromatic rings. The molecule has 0 saturated carbocycles. The average Bonchev–Trinajstić information content (AvgIpc) is 3.05. The third-order valence-electron chi connectivity index (χ3n) is 7.25. The first-order chi connectivity index (χ1) is 24.4. The third kappa shape index (κ3) is 13.3. The highest BCUT2D eigenvalue weighted by molar-refractivity contribution is 14.1. The second-order valence-corrected chi connectivity index (χ2v) is 18.5. The molecule has 0 aliphatic heterocycles. The van der Waals surface area contributed by atoms with Crippen LogP contribution >= 0.6 is 136 Å². The van der Waals surface area contributed by atoms with Gasteiger partial charge in [-0.2, -0.15) is 0 Å². The molecule has 0 bridgehead atoms. The molecule has 16 heteroatoms. The average molecular weight is 1390 g/mol. The van der Waals surface area contributed by atoms with Crippen molar-refractivity contribution in [3.8, 4) is 0 Å². The first-order valence-corrected chi connectivity index (χ1v) is 21.7. The van der Waals surface area contributed by atoms with Crippen molar-refractivity contribution >= 4 is 159 Å². The van der Waals surface area contributed by atoms with Gasteiger partial charge in [0.15, 0.2) is 0 Å². The molecule has 0 amide bonds. The van der Waals surface area contributed by atoms with E-state index in [1.807, 2.05) is 12.1 Å². The van der Waals surface area contributed by atoms with Gasteiger partial charge in [0.1, 0.15) is 25.4 Å². The Morgan fingerprint density at radius 3 is 1.52 bits per heavy atom. The Hall–Kier alpha value is -1.000. The minimum absolute atomic E-state index is 0.0675. The van der Waals surface area contributed by atoms with E-state index in [1.54, 1.807) is 27.7 Å². The fourth-order valence-electron chi connectivity index (χ4n) is 4.81. The molecular formula is C36H32I6O10. The number of halogens is 6. The van der Waals surface area contributed by atoms with Gasteiger partial charge in [-0.1, -0.05) is 6.07 Å². The van der Waals surface area contributed by atoms with Crippen molar-refractivity contribution in [2.24, 2.45) is 0 Å². The molecule has 278 valence electrons. The van der Waals surface area contributed by atoms with Crippen LogP contribution in [0.15, 0.2) is 60.1 Å². The van der Waals surface area contributed by atoms with Crippen molar-refractivity contribution in [3.05, 3.63) is 115 Å². The van der Waals surface area contributed by atoms with E-state index in [0.29, 0.717) is 5.56 Å². The number of benzene rings is 3. The van der Waals surface area contributed by atoms with Crippen LogP contribution in [-0.2, 0) is 54.6 Å². The topological polar surface area (TPSA) is 146 Å². The Bertz CT molecular complexity index is 1920. The van der Waals surface area contributed by atoms with Gasteiger partial charge in [-0.3, -0.25) is 0 Å². The number of carbonyl (C=O) groups excluding carboxylic acids is 2. The summed E-state index contributed by atoms with van der Waals surface area (Å²) < 4.78 is 29.1. The minimum Gasteiger partial charge on any atom is -0.496 e. The van der Waals surface area contributed by atoms with E-state index in [1.165, 1.54) is 24.7 Å². The van der Waals surface area contributed by atoms with E-state index >= 15 is 0 Å². The van der Waals surface area contributed by atoms with Crippen LogP contribution in [0.4, 0.5) is 0 Å². The summed E-state index contributed by atoms with van der Waals surface area (Å²) in [6.07, 6.45) is 1.03. The number of carbonyl (C=O) groups is 4. The lowest BCUT2D eigenvalue weighted by molar-refractivity contribution is -0.144. The molecule has 3 aromatic carbocycles. The van der Waals surface area contributed by atoms with Gasteiger partial charge in [-0.25, -0.2) is 19.2 Å². The molecule has 2 atom stereocenters. The maximum absolute atomic E-state index is 12.9. The molecule has 0 saturated heterocycles. The molecule has 0 spiro atoms. The highest BCUT2D eigenvalue weighted by Gasteiger charge is 2.26. The van der Waals surface area contributed by atoms with Crippen LogP contribution in [-0.4, -0.2) is 46.3 Å². The van der Waals surface area contributed by atoms with Crippen molar-refractivity contribution < 1.29 is 48.3 Å². The maximum Gasteiger partial charge on any atom is 0.337 e. The Morgan fingerprint density at radius 2 is 1.10 bits per heavy atom. The molecule has 0 aliphatic carbocycles. The number of hydrogen-bond acceptors (Lipinski definition) is 8. The monoisotopic (exact) mass is 1390 g/mol. The molecule has 10 nitrogen and oxygen atoms in total. The zero-order chi connectivity index (χ0) is 38.9. The Morgan fingerprint density at radius 1 is 0.654 bits per heavy atom. The highest BCUT2D eigenvalue weighted by Crippen LogP contribution is 2.27. The first-order valence-electron chi connectivity index (χ1n) is 15.3. The number of esters is 2. The summed E-state index contributed by atoms with van der Waals surface area (Å²) in [5.41, 5.74) is 2.13. The second-order valence-electron chi connectivity index (χ2n) is 11.5. The number of carboxylic acid groups (broad SMARTS) is 2. The van der Waals surface area contributed by atoms with Gasteiger partial charge in [0, 0.05) is 45.4 Å².